The van der Waals surface area contributed by atoms with Gasteiger partial charge in [0.2, 0.25) is 5.91 Å². The molecule has 2 unspecified atom stereocenters. The van der Waals surface area contributed by atoms with Crippen molar-refractivity contribution < 1.29 is 24.5 Å². The second kappa shape index (κ2) is 58.6. The Morgan fingerprint density at radius 2 is 0.681 bits per heavy atom. The fourth-order valence-corrected chi connectivity index (χ4v) is 9.39. The minimum Gasteiger partial charge on any atom is -0.466 e. The van der Waals surface area contributed by atoms with Crippen molar-refractivity contribution in [2.24, 2.45) is 0 Å². The van der Waals surface area contributed by atoms with E-state index in [1.54, 1.807) is 6.08 Å². The van der Waals surface area contributed by atoms with E-state index in [9.17, 15) is 19.8 Å². The Labute approximate surface area is 430 Å². The molecule has 0 aromatic rings. The van der Waals surface area contributed by atoms with Crippen LogP contribution in [0.2, 0.25) is 0 Å². The lowest BCUT2D eigenvalue weighted by molar-refractivity contribution is -0.143. The van der Waals surface area contributed by atoms with Gasteiger partial charge >= 0.3 is 5.97 Å². The van der Waals surface area contributed by atoms with Crippen molar-refractivity contribution in [2.45, 2.75) is 341 Å². The molecule has 0 heterocycles. The van der Waals surface area contributed by atoms with Crippen molar-refractivity contribution in [3.8, 4) is 0 Å². The Kier molecular flexibility index (Phi) is 57.0. The predicted octanol–water partition coefficient (Wildman–Crippen LogP) is 19.2. The highest BCUT2D eigenvalue weighted by molar-refractivity contribution is 5.76. The van der Waals surface area contributed by atoms with Crippen LogP contribution in [-0.2, 0) is 14.3 Å². The van der Waals surface area contributed by atoms with Crippen LogP contribution < -0.4 is 5.32 Å². The molecule has 0 saturated heterocycles. The summed E-state index contributed by atoms with van der Waals surface area (Å²) in [5.41, 5.74) is 0. The molecule has 0 aliphatic rings. The first kappa shape index (κ1) is 67.1. The molecular formula is C63H119NO5. The minimum absolute atomic E-state index is 0.00577. The lowest BCUT2D eigenvalue weighted by Gasteiger charge is -2.20. The molecule has 6 heteroatoms. The average molecular weight is 971 g/mol. The van der Waals surface area contributed by atoms with E-state index in [4.69, 9.17) is 4.74 Å². The molecule has 0 saturated carbocycles. The number of aliphatic hydroxyl groups is 2. The summed E-state index contributed by atoms with van der Waals surface area (Å²) in [6.07, 6.45) is 73.4. The fourth-order valence-electron chi connectivity index (χ4n) is 9.39. The molecule has 6 nitrogen and oxygen atoms in total. The van der Waals surface area contributed by atoms with E-state index >= 15 is 0 Å². The maximum atomic E-state index is 12.4. The maximum Gasteiger partial charge on any atom is 0.305 e. The Hall–Kier alpha value is -1.92. The summed E-state index contributed by atoms with van der Waals surface area (Å²) in [5, 5.41) is 23.0. The molecule has 0 aromatic carbocycles. The number of amides is 1. The number of allylic oxidation sites excluding steroid dienone is 5. The predicted molar refractivity (Wildman–Crippen MR) is 301 cm³/mol. The van der Waals surface area contributed by atoms with Gasteiger partial charge in [-0.05, 0) is 83.5 Å². The van der Waals surface area contributed by atoms with Gasteiger partial charge in [0, 0.05) is 12.8 Å². The van der Waals surface area contributed by atoms with Gasteiger partial charge in [0.15, 0.2) is 0 Å². The molecule has 0 bridgehead atoms. The molecule has 69 heavy (non-hydrogen) atoms. The summed E-state index contributed by atoms with van der Waals surface area (Å²) >= 11 is 0. The Balaban J connectivity index is 3.37. The summed E-state index contributed by atoms with van der Waals surface area (Å²) in [4.78, 5) is 24.4. The van der Waals surface area contributed by atoms with Gasteiger partial charge in [0.05, 0.1) is 25.4 Å². The van der Waals surface area contributed by atoms with E-state index in [1.807, 2.05) is 6.08 Å². The summed E-state index contributed by atoms with van der Waals surface area (Å²) < 4.78 is 5.47. The van der Waals surface area contributed by atoms with Crippen LogP contribution in [0, 0.1) is 0 Å². The third kappa shape index (κ3) is 55.2. The zero-order valence-corrected chi connectivity index (χ0v) is 46.3. The molecule has 0 rings (SSSR count). The first-order valence-electron chi connectivity index (χ1n) is 30.8. The maximum absolute atomic E-state index is 12.4. The van der Waals surface area contributed by atoms with Crippen molar-refractivity contribution in [1.29, 1.82) is 0 Å². The number of unbranched alkanes of at least 4 members (excludes halogenated alkanes) is 42. The monoisotopic (exact) mass is 970 g/mol. The van der Waals surface area contributed by atoms with Crippen LogP contribution in [0.3, 0.4) is 0 Å². The number of esters is 1. The lowest BCUT2D eigenvalue weighted by atomic mass is 10.0. The number of rotatable bonds is 57. The molecule has 0 radical (unpaired) electrons. The van der Waals surface area contributed by atoms with E-state index in [0.29, 0.717) is 19.4 Å². The topological polar surface area (TPSA) is 95.9 Å². The summed E-state index contributed by atoms with van der Waals surface area (Å²) in [6.45, 7) is 4.87. The highest BCUT2D eigenvalue weighted by atomic mass is 16.5. The molecule has 0 fully saturated rings. The summed E-state index contributed by atoms with van der Waals surface area (Å²) in [7, 11) is 0. The van der Waals surface area contributed by atoms with Crippen LogP contribution in [-0.4, -0.2) is 47.4 Å². The molecule has 1 amide bonds. The smallest absolute Gasteiger partial charge is 0.305 e. The Morgan fingerprint density at radius 3 is 1.06 bits per heavy atom. The third-order valence-electron chi connectivity index (χ3n) is 14.1. The van der Waals surface area contributed by atoms with Gasteiger partial charge in [-0.2, -0.15) is 0 Å². The lowest BCUT2D eigenvalue weighted by Crippen LogP contribution is -2.45. The second-order valence-corrected chi connectivity index (χ2v) is 21.0. The van der Waals surface area contributed by atoms with E-state index < -0.39 is 12.1 Å². The largest absolute Gasteiger partial charge is 0.466 e. The van der Waals surface area contributed by atoms with Crippen molar-refractivity contribution in [3.05, 3.63) is 36.5 Å². The second-order valence-electron chi connectivity index (χ2n) is 21.0. The standard InChI is InChI=1S/C63H119NO5/c1-3-5-7-9-11-13-15-37-41-45-49-53-57-63(68)69-58-54-50-46-42-38-34-32-30-28-26-24-22-20-18-16-17-19-21-23-25-27-29-31-33-36-40-44-48-52-56-62(67)64-60(59-65)61(66)55-51-47-43-39-35-14-12-10-8-6-4-2/h11,13,16,18,51,55,60-61,65-66H,3-10,12,14-15,17,19-50,52-54,56-59H2,1-2H3,(H,64,67)/b13-11-,18-16-,55-51+. The quantitative estimate of drug-likeness (QED) is 0.0321. The molecule has 406 valence electrons. The van der Waals surface area contributed by atoms with Gasteiger partial charge < -0.3 is 20.3 Å². The number of carbonyl (C=O) groups is 2. The molecule has 0 aliphatic heterocycles. The molecule has 2 atom stereocenters. The first-order chi connectivity index (χ1) is 34.0. The number of hydrogen-bond acceptors (Lipinski definition) is 5. The SMILES string of the molecule is CCCCC/C=C\CCCCCCCC(=O)OCCCCCCCCCCCCCC/C=C\CCCCCCCCCCCCCCCC(=O)NC(CO)C(O)/C=C/CCCCCCCCCCC. The van der Waals surface area contributed by atoms with Crippen molar-refractivity contribution in [1.82, 2.24) is 5.32 Å². The first-order valence-corrected chi connectivity index (χ1v) is 30.8. The van der Waals surface area contributed by atoms with Crippen LogP contribution in [0.15, 0.2) is 36.5 Å². The highest BCUT2D eigenvalue weighted by Crippen LogP contribution is 2.17. The number of carbonyl (C=O) groups excluding carboxylic acids is 2. The van der Waals surface area contributed by atoms with Crippen LogP contribution in [0.25, 0.3) is 0 Å². The van der Waals surface area contributed by atoms with Crippen LogP contribution in [0.5, 0.6) is 0 Å². The number of nitrogens with one attached hydrogen (secondary N) is 1. The van der Waals surface area contributed by atoms with Crippen LogP contribution in [0.1, 0.15) is 328 Å². The van der Waals surface area contributed by atoms with Gasteiger partial charge in [0.25, 0.3) is 0 Å². The van der Waals surface area contributed by atoms with E-state index in [1.165, 1.54) is 257 Å². The van der Waals surface area contributed by atoms with E-state index in [2.05, 4.69) is 43.5 Å². The van der Waals surface area contributed by atoms with Gasteiger partial charge in [-0.25, -0.2) is 0 Å². The minimum atomic E-state index is -0.842. The van der Waals surface area contributed by atoms with Gasteiger partial charge in [-0.15, -0.1) is 0 Å². The fraction of sp³-hybridized carbons (Fsp3) is 0.873. The normalized spacial score (nSPS) is 12.8. The summed E-state index contributed by atoms with van der Waals surface area (Å²) in [5.74, 6) is -0.0622. The zero-order chi connectivity index (χ0) is 50.0. The van der Waals surface area contributed by atoms with Crippen LogP contribution >= 0.6 is 0 Å². The number of ether oxygens (including phenoxy) is 1. The Morgan fingerprint density at radius 1 is 0.391 bits per heavy atom. The van der Waals surface area contributed by atoms with Crippen molar-refractivity contribution in [3.63, 3.8) is 0 Å². The van der Waals surface area contributed by atoms with Crippen molar-refractivity contribution in [2.75, 3.05) is 13.2 Å². The van der Waals surface area contributed by atoms with Gasteiger partial charge in [0.1, 0.15) is 0 Å². The van der Waals surface area contributed by atoms with E-state index in [-0.39, 0.29) is 18.5 Å². The molecule has 0 aliphatic carbocycles. The molecule has 0 aromatic heterocycles. The van der Waals surface area contributed by atoms with E-state index in [0.717, 1.165) is 44.9 Å². The van der Waals surface area contributed by atoms with Gasteiger partial charge in [-0.1, -0.05) is 269 Å². The third-order valence-corrected chi connectivity index (χ3v) is 14.1. The summed E-state index contributed by atoms with van der Waals surface area (Å²) in [6, 6.07) is -0.626. The highest BCUT2D eigenvalue weighted by Gasteiger charge is 2.18. The number of aliphatic hydroxyl groups excluding tert-OH is 2. The molecule has 0 spiro atoms. The average Bonchev–Trinajstić information content (AvgIpc) is 3.35. The molecule has 3 N–H and O–H groups in total. The number of hydrogen-bond donors (Lipinski definition) is 3. The Bertz CT molecular complexity index is 1120. The zero-order valence-electron chi connectivity index (χ0n) is 46.3. The van der Waals surface area contributed by atoms with Crippen LogP contribution in [0.4, 0.5) is 0 Å². The van der Waals surface area contributed by atoms with Crippen molar-refractivity contribution >= 4 is 11.9 Å². The molecular weight excluding hydrogens is 851 g/mol. The van der Waals surface area contributed by atoms with Gasteiger partial charge in [-0.3, -0.25) is 9.59 Å².